The van der Waals surface area contributed by atoms with E-state index < -0.39 is 7.82 Å². The van der Waals surface area contributed by atoms with Gasteiger partial charge in [0.2, 0.25) is 0 Å². The normalized spacial score (nSPS) is 11.2. The van der Waals surface area contributed by atoms with E-state index in [2.05, 4.69) is 11.4 Å². The van der Waals surface area contributed by atoms with Gasteiger partial charge in [-0.1, -0.05) is 51.9 Å². The van der Waals surface area contributed by atoms with Crippen molar-refractivity contribution in [3.63, 3.8) is 0 Å². The monoisotopic (exact) mass is 372 g/mol. The maximum Gasteiger partial charge on any atom is 1.00 e. The zero-order chi connectivity index (χ0) is 11.6. The molecule has 2 N–H and O–H groups in total. The summed E-state index contributed by atoms with van der Waals surface area (Å²) in [5, 5.41) is 0. The van der Waals surface area contributed by atoms with Gasteiger partial charge < -0.3 is 11.2 Å². The van der Waals surface area contributed by atoms with Crippen LogP contribution in [0.2, 0.25) is 0 Å². The minimum Gasteiger partial charge on any atom is -1.00 e. The van der Waals surface area contributed by atoms with Crippen LogP contribution in [0.3, 0.4) is 0 Å². The van der Waals surface area contributed by atoms with Crippen molar-refractivity contribution < 1.29 is 89.2 Å². The molecule has 0 rings (SSSR count). The van der Waals surface area contributed by atoms with Gasteiger partial charge in [0.1, 0.15) is 0 Å². The van der Waals surface area contributed by atoms with Gasteiger partial charge in [0.25, 0.3) is 0 Å². The van der Waals surface area contributed by atoms with E-state index in [4.69, 9.17) is 9.79 Å². The molecule has 0 amide bonds. The fourth-order valence-electron chi connectivity index (χ4n) is 1.42. The molecular formula is C10H24CsO4P. The third-order valence-electron chi connectivity index (χ3n) is 2.26. The molecule has 0 aromatic carbocycles. The Labute approximate surface area is 159 Å². The van der Waals surface area contributed by atoms with Crippen LogP contribution in [-0.4, -0.2) is 16.4 Å². The number of hydrogen-bond acceptors (Lipinski definition) is 2. The van der Waals surface area contributed by atoms with Crippen LogP contribution in [0.1, 0.15) is 59.7 Å². The fourth-order valence-corrected chi connectivity index (χ4v) is 1.79. The predicted molar refractivity (Wildman–Crippen MR) is 61.7 cm³/mol. The fraction of sp³-hybridized carbons (Fsp3) is 1.00. The molecule has 0 spiro atoms. The van der Waals surface area contributed by atoms with Crippen molar-refractivity contribution in [2.24, 2.45) is 0 Å². The van der Waals surface area contributed by atoms with Gasteiger partial charge in [0.05, 0.1) is 6.61 Å². The maximum absolute atomic E-state index is 10.3. The summed E-state index contributed by atoms with van der Waals surface area (Å²) < 4.78 is 14.7. The first-order valence-electron chi connectivity index (χ1n) is 5.76. The third kappa shape index (κ3) is 18.5. The Bertz CT molecular complexity index is 189. The van der Waals surface area contributed by atoms with Crippen molar-refractivity contribution in [2.75, 3.05) is 6.61 Å². The van der Waals surface area contributed by atoms with E-state index in [0.717, 1.165) is 19.3 Å². The topological polar surface area (TPSA) is 66.8 Å². The Kier molecular flexibility index (Phi) is 17.4. The van der Waals surface area contributed by atoms with Crippen molar-refractivity contribution >= 4 is 7.82 Å². The molecule has 0 heterocycles. The Morgan fingerprint density at radius 2 is 1.44 bits per heavy atom. The summed E-state index contributed by atoms with van der Waals surface area (Å²) >= 11 is 0. The Hall–Kier alpha value is 2.16. The summed E-state index contributed by atoms with van der Waals surface area (Å²) in [6.07, 6.45) is 9.22. The standard InChI is InChI=1S/C10H23O4P.Cs.H/c1-2-3-4-5-6-7-8-9-10-14-15(11,12)13;;/h2-10H2,1H3,(H2,11,12,13);;/q;+1;-1. The zero-order valence-electron chi connectivity index (χ0n) is 11.5. The molecule has 0 fully saturated rings. The summed E-state index contributed by atoms with van der Waals surface area (Å²) in [5.74, 6) is 0. The first-order valence-corrected chi connectivity index (χ1v) is 7.29. The molecule has 0 aromatic heterocycles. The SMILES string of the molecule is CCCCCCCCCCOP(=O)(O)O.[Cs+].[H-]. The average molecular weight is 372 g/mol. The van der Waals surface area contributed by atoms with Gasteiger partial charge in [0, 0.05) is 0 Å². The molecule has 4 nitrogen and oxygen atoms in total. The largest absolute Gasteiger partial charge is 1.00 e. The summed E-state index contributed by atoms with van der Waals surface area (Å²) in [6, 6.07) is 0. The van der Waals surface area contributed by atoms with Gasteiger partial charge in [0.15, 0.2) is 0 Å². The van der Waals surface area contributed by atoms with Gasteiger partial charge in [-0.3, -0.25) is 4.52 Å². The van der Waals surface area contributed by atoms with Crippen LogP contribution in [0.25, 0.3) is 0 Å². The zero-order valence-corrected chi connectivity index (χ0v) is 17.7. The van der Waals surface area contributed by atoms with E-state index in [-0.39, 0.29) is 76.9 Å². The molecule has 0 bridgehead atoms. The van der Waals surface area contributed by atoms with Crippen molar-refractivity contribution in [3.8, 4) is 0 Å². The first-order chi connectivity index (χ1) is 7.06. The van der Waals surface area contributed by atoms with Gasteiger partial charge in [-0.05, 0) is 6.42 Å². The molecule has 6 heteroatoms. The first kappa shape index (κ1) is 20.5. The molecule has 0 unspecified atom stereocenters. The molecule has 0 aliphatic carbocycles. The van der Waals surface area contributed by atoms with Gasteiger partial charge in [-0.2, -0.15) is 0 Å². The molecule has 0 saturated heterocycles. The number of phosphoric ester groups is 1. The summed E-state index contributed by atoms with van der Waals surface area (Å²) in [5.41, 5.74) is 0. The maximum atomic E-state index is 10.3. The quantitative estimate of drug-likeness (QED) is 0.429. The molecule has 0 atom stereocenters. The number of unbranched alkanes of at least 4 members (excludes halogenated alkanes) is 7. The van der Waals surface area contributed by atoms with E-state index in [1.54, 1.807) is 0 Å². The molecule has 0 aromatic rings. The Morgan fingerprint density at radius 1 is 1.00 bits per heavy atom. The molecule has 0 aliphatic rings. The molecule has 94 valence electrons. The van der Waals surface area contributed by atoms with Crippen LogP contribution in [0.4, 0.5) is 0 Å². The summed E-state index contributed by atoms with van der Waals surface area (Å²) in [6.45, 7) is 2.36. The van der Waals surface area contributed by atoms with E-state index in [0.29, 0.717) is 0 Å². The third-order valence-corrected chi connectivity index (χ3v) is 2.78. The van der Waals surface area contributed by atoms with Gasteiger partial charge in [-0.15, -0.1) is 0 Å². The smallest absolute Gasteiger partial charge is 1.00 e. The molecule has 0 aliphatic heterocycles. The van der Waals surface area contributed by atoms with Crippen molar-refractivity contribution in [2.45, 2.75) is 58.3 Å². The summed E-state index contributed by atoms with van der Waals surface area (Å²) in [7, 11) is -4.24. The van der Waals surface area contributed by atoms with E-state index in [1.165, 1.54) is 32.1 Å². The second kappa shape index (κ2) is 13.6. The van der Waals surface area contributed by atoms with Gasteiger partial charge in [-0.25, -0.2) is 4.57 Å². The molecule has 0 radical (unpaired) electrons. The molecular weight excluding hydrogens is 348 g/mol. The van der Waals surface area contributed by atoms with Crippen LogP contribution in [0, 0.1) is 0 Å². The van der Waals surface area contributed by atoms with Crippen LogP contribution in [0.15, 0.2) is 0 Å². The van der Waals surface area contributed by atoms with Gasteiger partial charge >= 0.3 is 76.7 Å². The van der Waals surface area contributed by atoms with Crippen molar-refractivity contribution in [1.29, 1.82) is 0 Å². The Balaban J connectivity index is -0.000000980. The number of hydrogen-bond donors (Lipinski definition) is 2. The van der Waals surface area contributed by atoms with Crippen LogP contribution < -0.4 is 68.9 Å². The van der Waals surface area contributed by atoms with Crippen LogP contribution in [-0.2, 0) is 9.09 Å². The van der Waals surface area contributed by atoms with Crippen LogP contribution >= 0.6 is 7.82 Å². The Morgan fingerprint density at radius 3 is 1.88 bits per heavy atom. The number of phosphoric acid groups is 1. The minimum absolute atomic E-state index is 0. The van der Waals surface area contributed by atoms with Crippen LogP contribution in [0.5, 0.6) is 0 Å². The minimum atomic E-state index is -4.24. The predicted octanol–water partition coefficient (Wildman–Crippen LogP) is 0.353. The van der Waals surface area contributed by atoms with Crippen molar-refractivity contribution in [3.05, 3.63) is 0 Å². The van der Waals surface area contributed by atoms with Crippen molar-refractivity contribution in [1.82, 2.24) is 0 Å². The summed E-state index contributed by atoms with van der Waals surface area (Å²) in [4.78, 5) is 16.8. The van der Waals surface area contributed by atoms with E-state index >= 15 is 0 Å². The van der Waals surface area contributed by atoms with E-state index in [1.807, 2.05) is 0 Å². The number of rotatable bonds is 10. The second-order valence-corrected chi connectivity index (χ2v) is 5.04. The van der Waals surface area contributed by atoms with E-state index in [9.17, 15) is 4.57 Å². The molecule has 0 saturated carbocycles. The molecule has 16 heavy (non-hydrogen) atoms. The average Bonchev–Trinajstić information content (AvgIpc) is 2.14. The second-order valence-electron chi connectivity index (χ2n) is 3.80.